The zero-order chi connectivity index (χ0) is 22.1. The van der Waals surface area contributed by atoms with Crippen LogP contribution in [0.5, 0.6) is 5.75 Å². The lowest BCUT2D eigenvalue weighted by molar-refractivity contribution is -0.130. The van der Waals surface area contributed by atoms with Crippen LogP contribution in [0.3, 0.4) is 0 Å². The summed E-state index contributed by atoms with van der Waals surface area (Å²) < 4.78 is 47.4. The van der Waals surface area contributed by atoms with E-state index in [1.165, 1.54) is 28.7 Å². The quantitative estimate of drug-likeness (QED) is 0.511. The van der Waals surface area contributed by atoms with Crippen LogP contribution < -0.4 is 0 Å². The molecule has 0 spiro atoms. The number of nitrogens with zero attached hydrogens (tertiary/aromatic N) is 3. The molecule has 1 aliphatic heterocycles. The van der Waals surface area contributed by atoms with Gasteiger partial charge in [0.2, 0.25) is 0 Å². The number of halogens is 3. The maximum absolute atomic E-state index is 13.6. The molecule has 0 radical (unpaired) electrons. The van der Waals surface area contributed by atoms with Gasteiger partial charge < -0.3 is 20.1 Å². The van der Waals surface area contributed by atoms with Crippen molar-refractivity contribution in [2.24, 2.45) is 0 Å². The summed E-state index contributed by atoms with van der Waals surface area (Å²) >= 11 is 1.30. The minimum Gasteiger partial charge on any atom is -0.508 e. The van der Waals surface area contributed by atoms with E-state index in [4.69, 9.17) is 4.74 Å². The molecular weight excluding hydrogens is 435 g/mol. The number of thioether (sulfide) groups is 1. The van der Waals surface area contributed by atoms with E-state index in [-0.39, 0.29) is 23.4 Å². The highest BCUT2D eigenvalue weighted by molar-refractivity contribution is 7.99. The van der Waals surface area contributed by atoms with Gasteiger partial charge in [-0.05, 0) is 30.3 Å². The van der Waals surface area contributed by atoms with Crippen LogP contribution in [0.2, 0.25) is 0 Å². The number of hydrogen-bond acceptors (Lipinski definition) is 7. The number of ether oxygens (including phenoxy) is 1. The summed E-state index contributed by atoms with van der Waals surface area (Å²) in [5.41, 5.74) is -0.400. The number of aromatic hydroxyl groups is 1. The van der Waals surface area contributed by atoms with Gasteiger partial charge in [-0.1, -0.05) is 23.0 Å². The number of benzene rings is 2. The van der Waals surface area contributed by atoms with Gasteiger partial charge in [0.05, 0.1) is 18.8 Å². The van der Waals surface area contributed by atoms with Gasteiger partial charge in [-0.2, -0.15) is 0 Å². The molecule has 1 aromatic heterocycles. The second-order valence-corrected chi connectivity index (χ2v) is 8.27. The Morgan fingerprint density at radius 2 is 1.90 bits per heavy atom. The Morgan fingerprint density at radius 3 is 2.58 bits per heavy atom. The van der Waals surface area contributed by atoms with Gasteiger partial charge in [-0.25, -0.2) is 17.9 Å². The fourth-order valence-corrected chi connectivity index (χ4v) is 4.53. The Hall–Kier alpha value is -2.60. The number of hydrogen-bond donors (Lipinski definition) is 3. The normalized spacial score (nSPS) is 23.8. The summed E-state index contributed by atoms with van der Waals surface area (Å²) in [6, 6.07) is 7.53. The van der Waals surface area contributed by atoms with E-state index in [0.717, 1.165) is 17.0 Å². The summed E-state index contributed by atoms with van der Waals surface area (Å²) in [7, 11) is 0. The van der Waals surface area contributed by atoms with Crippen LogP contribution in [0.15, 0.2) is 47.5 Å². The maximum Gasteiger partial charge on any atom is 0.194 e. The van der Waals surface area contributed by atoms with Crippen molar-refractivity contribution in [2.45, 2.75) is 35.0 Å². The largest absolute Gasteiger partial charge is 0.508 e. The Bertz CT molecular complexity index is 1060. The second-order valence-electron chi connectivity index (χ2n) is 7.03. The predicted molar refractivity (Wildman–Crippen MR) is 105 cm³/mol. The van der Waals surface area contributed by atoms with Crippen molar-refractivity contribution in [3.8, 4) is 17.0 Å². The van der Waals surface area contributed by atoms with Crippen molar-refractivity contribution in [2.75, 3.05) is 6.61 Å². The first-order valence-corrected chi connectivity index (χ1v) is 10.2. The molecule has 3 N–H and O–H groups in total. The van der Waals surface area contributed by atoms with Crippen molar-refractivity contribution in [3.05, 3.63) is 60.0 Å². The van der Waals surface area contributed by atoms with Gasteiger partial charge in [0.15, 0.2) is 17.5 Å². The molecule has 2 unspecified atom stereocenters. The zero-order valence-electron chi connectivity index (χ0n) is 15.9. The first kappa shape index (κ1) is 21.6. The molecule has 7 nitrogen and oxygen atoms in total. The summed E-state index contributed by atoms with van der Waals surface area (Å²) in [5.74, 6) is -4.18. The highest BCUT2D eigenvalue weighted by atomic mass is 32.2. The SMILES string of the molecule is OCC1O[C@H](Sc2cccc(O)c2)CC(n2cc(-c3cc(F)c(F)c(F)c3)nn2)[C@H]1O. The van der Waals surface area contributed by atoms with Crippen LogP contribution in [0.4, 0.5) is 13.2 Å². The van der Waals surface area contributed by atoms with Gasteiger partial charge in [0.1, 0.15) is 29.1 Å². The molecule has 0 saturated carbocycles. The van der Waals surface area contributed by atoms with Crippen LogP contribution >= 0.6 is 11.8 Å². The first-order valence-electron chi connectivity index (χ1n) is 9.32. The molecule has 1 fully saturated rings. The van der Waals surface area contributed by atoms with Crippen LogP contribution in [0, 0.1) is 17.5 Å². The number of aromatic nitrogens is 3. The molecule has 2 aromatic carbocycles. The van der Waals surface area contributed by atoms with Crippen molar-refractivity contribution >= 4 is 11.8 Å². The Balaban J connectivity index is 1.58. The highest BCUT2D eigenvalue weighted by Gasteiger charge is 2.39. The molecule has 31 heavy (non-hydrogen) atoms. The van der Waals surface area contributed by atoms with E-state index < -0.39 is 47.7 Å². The lowest BCUT2D eigenvalue weighted by atomic mass is 10.00. The minimum atomic E-state index is -1.58. The smallest absolute Gasteiger partial charge is 0.194 e. The third kappa shape index (κ3) is 4.54. The number of phenolic OH excluding ortho intramolecular Hbond substituents is 1. The number of aliphatic hydroxyl groups is 2. The predicted octanol–water partition coefficient (Wildman–Crippen LogP) is 2.87. The van der Waals surface area contributed by atoms with E-state index in [1.807, 2.05) is 0 Å². The molecule has 11 heteroatoms. The first-order chi connectivity index (χ1) is 14.9. The topological polar surface area (TPSA) is 101 Å². The molecule has 3 aromatic rings. The lowest BCUT2D eigenvalue weighted by Crippen LogP contribution is -2.47. The molecule has 4 rings (SSSR count). The van der Waals surface area contributed by atoms with E-state index in [0.29, 0.717) is 0 Å². The van der Waals surface area contributed by atoms with Crippen molar-refractivity contribution < 1.29 is 33.2 Å². The van der Waals surface area contributed by atoms with Crippen LogP contribution in [-0.4, -0.2) is 54.6 Å². The van der Waals surface area contributed by atoms with Crippen LogP contribution in [0.25, 0.3) is 11.3 Å². The average molecular weight is 453 g/mol. The average Bonchev–Trinajstić information content (AvgIpc) is 3.23. The fraction of sp³-hybridized carbons (Fsp3) is 0.300. The second kappa shape index (κ2) is 8.87. The lowest BCUT2D eigenvalue weighted by Gasteiger charge is -2.38. The van der Waals surface area contributed by atoms with Crippen LogP contribution in [-0.2, 0) is 4.74 Å². The van der Waals surface area contributed by atoms with Crippen molar-refractivity contribution in [1.29, 1.82) is 0 Å². The molecule has 0 bridgehead atoms. The molecular formula is C20H18F3N3O4S. The Kier molecular flexibility index (Phi) is 6.19. The molecule has 2 heterocycles. The van der Waals surface area contributed by atoms with E-state index in [1.54, 1.807) is 18.2 Å². The maximum atomic E-state index is 13.6. The number of aliphatic hydroxyl groups excluding tert-OH is 2. The van der Waals surface area contributed by atoms with E-state index >= 15 is 0 Å². The van der Waals surface area contributed by atoms with Crippen LogP contribution in [0.1, 0.15) is 12.5 Å². The van der Waals surface area contributed by atoms with Gasteiger partial charge in [0, 0.05) is 16.9 Å². The van der Waals surface area contributed by atoms with Gasteiger partial charge >= 0.3 is 0 Å². The Labute approximate surface area is 179 Å². The highest BCUT2D eigenvalue weighted by Crippen LogP contribution is 2.38. The van der Waals surface area contributed by atoms with E-state index in [9.17, 15) is 28.5 Å². The monoisotopic (exact) mass is 453 g/mol. The summed E-state index contributed by atoms with van der Waals surface area (Å²) in [6.07, 6.45) is -0.368. The summed E-state index contributed by atoms with van der Waals surface area (Å²) in [4.78, 5) is 0.730. The number of phenols is 1. The molecule has 1 saturated heterocycles. The Morgan fingerprint density at radius 1 is 1.16 bits per heavy atom. The summed E-state index contributed by atoms with van der Waals surface area (Å²) in [5, 5.41) is 37.7. The minimum absolute atomic E-state index is 0.00593. The standard InChI is InChI=1S/C20H18F3N3O4S/c21-13-4-10(5-14(22)19(13)23)15-8-26(25-24-15)16-7-18(30-17(9-27)20(16)29)31-12-3-1-2-11(28)6-12/h1-6,8,16-18,20,27-29H,7,9H2/t16?,17?,18-,20-/m1/s1. The fourth-order valence-electron chi connectivity index (χ4n) is 3.39. The molecule has 0 amide bonds. The molecule has 1 aliphatic rings. The summed E-state index contributed by atoms with van der Waals surface area (Å²) in [6.45, 7) is -0.440. The van der Waals surface area contributed by atoms with Gasteiger partial charge in [0.25, 0.3) is 0 Å². The molecule has 0 aliphatic carbocycles. The van der Waals surface area contributed by atoms with Gasteiger partial charge in [-0.15, -0.1) is 5.10 Å². The van der Waals surface area contributed by atoms with Crippen molar-refractivity contribution in [1.82, 2.24) is 15.0 Å². The number of rotatable bonds is 5. The third-order valence-corrected chi connectivity index (χ3v) is 6.02. The van der Waals surface area contributed by atoms with Gasteiger partial charge in [-0.3, -0.25) is 0 Å². The third-order valence-electron chi connectivity index (χ3n) is 4.93. The molecule has 164 valence electrons. The van der Waals surface area contributed by atoms with Crippen molar-refractivity contribution in [3.63, 3.8) is 0 Å². The molecule has 4 atom stereocenters. The van der Waals surface area contributed by atoms with E-state index in [2.05, 4.69) is 10.3 Å². The zero-order valence-corrected chi connectivity index (χ0v) is 16.7.